The molecule has 0 aliphatic heterocycles. The Kier molecular flexibility index (Phi) is 3.61. The number of nitrogens with one attached hydrogen (secondary N) is 1. The van der Waals surface area contributed by atoms with Gasteiger partial charge < -0.3 is 4.98 Å². The first-order chi connectivity index (χ1) is 9.01. The van der Waals surface area contributed by atoms with E-state index in [4.69, 9.17) is 0 Å². The topological polar surface area (TPSA) is 63.0 Å². The fraction of sp³-hybridized carbons (Fsp3) is 0.538. The van der Waals surface area contributed by atoms with E-state index in [1.54, 1.807) is 7.05 Å². The number of rotatable bonds is 4. The van der Waals surface area contributed by atoms with Crippen LogP contribution >= 0.6 is 0 Å². The second-order valence-corrected chi connectivity index (χ2v) is 4.70. The molecule has 0 radical (unpaired) electrons. The highest BCUT2D eigenvalue weighted by molar-refractivity contribution is 5.78. The molecule has 0 spiro atoms. The van der Waals surface area contributed by atoms with Gasteiger partial charge in [0.15, 0.2) is 0 Å². The molecule has 0 atom stereocenters. The number of hydrogen-bond acceptors (Lipinski definition) is 3. The Morgan fingerprint density at radius 3 is 2.37 bits per heavy atom. The van der Waals surface area contributed by atoms with Crippen molar-refractivity contribution in [3.05, 3.63) is 32.6 Å². The van der Waals surface area contributed by atoms with Crippen molar-refractivity contribution in [3.8, 4) is 0 Å². The number of fused-ring (bicyclic) bond motifs is 1. The van der Waals surface area contributed by atoms with Crippen molar-refractivity contribution < 1.29 is 0 Å². The Morgan fingerprint density at radius 1 is 1.16 bits per heavy atom. The maximum atomic E-state index is 12.0. The van der Waals surface area contributed by atoms with E-state index in [0.717, 1.165) is 29.8 Å². The molecule has 2 aromatic heterocycles. The maximum Gasteiger partial charge on any atom is 0.331 e. The molecule has 19 heavy (non-hydrogen) atoms. The monoisotopic (exact) mass is 264 g/mol. The molecule has 0 saturated carbocycles. The average Bonchev–Trinajstić information content (AvgIpc) is 2.83. The summed E-state index contributed by atoms with van der Waals surface area (Å²) in [6.07, 6.45) is 1.82. The van der Waals surface area contributed by atoms with Crippen LogP contribution in [0.5, 0.6) is 0 Å². The molecule has 0 aliphatic rings. The summed E-state index contributed by atoms with van der Waals surface area (Å²) in [7, 11) is 3.19. The highest BCUT2D eigenvalue weighted by Crippen LogP contribution is 2.15. The van der Waals surface area contributed by atoms with Gasteiger partial charge >= 0.3 is 5.69 Å². The Balaban J connectivity index is 2.66. The van der Waals surface area contributed by atoms with Crippen LogP contribution in [0.3, 0.4) is 0 Å². The summed E-state index contributed by atoms with van der Waals surface area (Å²) in [5.41, 5.74) is 1.62. The average molecular weight is 264 g/mol. The van der Waals surface area contributed by atoms with Crippen LogP contribution in [-0.2, 0) is 20.6 Å². The van der Waals surface area contributed by atoms with Crippen molar-refractivity contribution >= 4 is 11.0 Å². The van der Waals surface area contributed by atoms with Crippen molar-refractivity contribution in [1.82, 2.24) is 19.0 Å². The van der Waals surface area contributed by atoms with Crippen molar-refractivity contribution in [1.29, 1.82) is 0 Å². The van der Waals surface area contributed by atoms with Gasteiger partial charge in [0.2, 0.25) is 0 Å². The minimum Gasteiger partial charge on any atom is -0.355 e. The number of hydrogen-bond donors (Lipinski definition) is 1. The van der Waals surface area contributed by atoms with E-state index >= 15 is 0 Å². The highest BCUT2D eigenvalue weighted by atomic mass is 16.2. The second-order valence-electron chi connectivity index (χ2n) is 4.70. The molecule has 2 aromatic rings. The number of nitrogens with zero attached hydrogens (tertiary/aromatic N) is 3. The van der Waals surface area contributed by atoms with Gasteiger partial charge in [0.05, 0.1) is 5.52 Å². The van der Waals surface area contributed by atoms with E-state index in [1.165, 1.54) is 11.6 Å². The molecule has 6 heteroatoms. The fourth-order valence-electron chi connectivity index (χ4n) is 2.39. The van der Waals surface area contributed by atoms with Crippen LogP contribution in [0.15, 0.2) is 15.8 Å². The summed E-state index contributed by atoms with van der Waals surface area (Å²) in [6.45, 7) is 6.78. The lowest BCUT2D eigenvalue weighted by molar-refractivity contribution is 0.296. The molecule has 0 unspecified atom stereocenters. The molecular formula is C13H20N4O2. The third kappa shape index (κ3) is 2.12. The molecule has 2 heterocycles. The third-order valence-electron chi connectivity index (χ3n) is 3.65. The Bertz CT molecular complexity index is 704. The van der Waals surface area contributed by atoms with Gasteiger partial charge in [0.1, 0.15) is 5.52 Å². The van der Waals surface area contributed by atoms with Crippen LogP contribution in [-0.4, -0.2) is 32.1 Å². The van der Waals surface area contributed by atoms with E-state index in [1.807, 2.05) is 6.20 Å². The van der Waals surface area contributed by atoms with Crippen molar-refractivity contribution in [2.75, 3.05) is 13.1 Å². The van der Waals surface area contributed by atoms with E-state index in [-0.39, 0.29) is 11.2 Å². The van der Waals surface area contributed by atoms with Gasteiger partial charge in [0, 0.05) is 32.4 Å². The molecule has 0 saturated heterocycles. The summed E-state index contributed by atoms with van der Waals surface area (Å²) in [5.74, 6) is 0. The standard InChI is InChI=1S/C13H20N4O2/c1-5-17(6-2)8-9-7-14-10-11(9)15(3)13(19)16(4)12(10)18/h7,14H,5-6,8H2,1-4H3. The quantitative estimate of drug-likeness (QED) is 0.870. The normalized spacial score (nSPS) is 11.6. The van der Waals surface area contributed by atoms with Gasteiger partial charge in [-0.1, -0.05) is 13.8 Å². The van der Waals surface area contributed by atoms with Crippen LogP contribution in [0.2, 0.25) is 0 Å². The maximum absolute atomic E-state index is 12.0. The third-order valence-corrected chi connectivity index (χ3v) is 3.65. The summed E-state index contributed by atoms with van der Waals surface area (Å²) in [5, 5.41) is 0. The second kappa shape index (κ2) is 5.05. The number of H-pyrrole nitrogens is 1. The predicted octanol–water partition coefficient (Wildman–Crippen LogP) is 0.407. The van der Waals surface area contributed by atoms with Crippen molar-refractivity contribution in [2.24, 2.45) is 14.1 Å². The molecule has 0 aliphatic carbocycles. The van der Waals surface area contributed by atoms with Gasteiger partial charge in [-0.15, -0.1) is 0 Å². The van der Waals surface area contributed by atoms with Gasteiger partial charge in [-0.25, -0.2) is 4.79 Å². The largest absolute Gasteiger partial charge is 0.355 e. The minimum atomic E-state index is -0.294. The summed E-state index contributed by atoms with van der Waals surface area (Å²) >= 11 is 0. The number of aryl methyl sites for hydroxylation is 1. The van der Waals surface area contributed by atoms with Gasteiger partial charge in [-0.3, -0.25) is 18.8 Å². The van der Waals surface area contributed by atoms with Crippen LogP contribution in [0.1, 0.15) is 19.4 Å². The predicted molar refractivity (Wildman–Crippen MR) is 75.4 cm³/mol. The van der Waals surface area contributed by atoms with Crippen LogP contribution in [0.25, 0.3) is 11.0 Å². The van der Waals surface area contributed by atoms with Crippen molar-refractivity contribution in [2.45, 2.75) is 20.4 Å². The lowest BCUT2D eigenvalue weighted by Gasteiger charge is -2.17. The lowest BCUT2D eigenvalue weighted by atomic mass is 10.2. The van der Waals surface area contributed by atoms with Crippen molar-refractivity contribution in [3.63, 3.8) is 0 Å². The van der Waals surface area contributed by atoms with Crippen LogP contribution in [0, 0.1) is 0 Å². The van der Waals surface area contributed by atoms with E-state index < -0.39 is 0 Å². The first-order valence-electron chi connectivity index (χ1n) is 6.49. The number of aromatic amines is 1. The van der Waals surface area contributed by atoms with Gasteiger partial charge in [0.25, 0.3) is 5.56 Å². The molecule has 6 nitrogen and oxygen atoms in total. The van der Waals surface area contributed by atoms with Gasteiger partial charge in [-0.2, -0.15) is 0 Å². The molecule has 104 valence electrons. The van der Waals surface area contributed by atoms with Gasteiger partial charge in [-0.05, 0) is 13.1 Å². The molecule has 0 bridgehead atoms. The van der Waals surface area contributed by atoms with E-state index in [0.29, 0.717) is 11.0 Å². The fourth-order valence-corrected chi connectivity index (χ4v) is 2.39. The zero-order chi connectivity index (χ0) is 14.2. The Morgan fingerprint density at radius 2 is 1.79 bits per heavy atom. The summed E-state index contributed by atoms with van der Waals surface area (Å²) in [4.78, 5) is 29.3. The summed E-state index contributed by atoms with van der Waals surface area (Å²) in [6, 6.07) is 0. The molecule has 0 fully saturated rings. The Hall–Kier alpha value is -1.82. The molecular weight excluding hydrogens is 244 g/mol. The first-order valence-corrected chi connectivity index (χ1v) is 6.49. The van der Waals surface area contributed by atoms with Crippen LogP contribution in [0.4, 0.5) is 0 Å². The molecule has 0 amide bonds. The Labute approximate surface area is 111 Å². The van der Waals surface area contributed by atoms with Crippen LogP contribution < -0.4 is 11.2 Å². The van der Waals surface area contributed by atoms with E-state index in [9.17, 15) is 9.59 Å². The molecule has 0 aromatic carbocycles. The lowest BCUT2D eigenvalue weighted by Crippen LogP contribution is -2.37. The number of aromatic nitrogens is 3. The molecule has 1 N–H and O–H groups in total. The minimum absolute atomic E-state index is 0.274. The zero-order valence-corrected chi connectivity index (χ0v) is 11.9. The smallest absolute Gasteiger partial charge is 0.331 e. The summed E-state index contributed by atoms with van der Waals surface area (Å²) < 4.78 is 2.66. The zero-order valence-electron chi connectivity index (χ0n) is 11.9. The highest BCUT2D eigenvalue weighted by Gasteiger charge is 2.15. The van der Waals surface area contributed by atoms with E-state index in [2.05, 4.69) is 23.7 Å². The first kappa shape index (κ1) is 13.6. The molecule has 2 rings (SSSR count). The SMILES string of the molecule is CCN(CC)Cc1c[nH]c2c(=O)n(C)c(=O)n(C)c12.